The van der Waals surface area contributed by atoms with Crippen molar-refractivity contribution >= 4 is 22.5 Å². The number of nitrogens with one attached hydrogen (secondary N) is 1. The zero-order valence-corrected chi connectivity index (χ0v) is 14.3. The number of para-hydroxylation sites is 1. The molecular formula is C19H16FN5O. The molecule has 2 heterocycles. The minimum absolute atomic E-state index is 0.347. The molecule has 0 radical (unpaired) electrons. The highest BCUT2D eigenvalue weighted by Gasteiger charge is 2.17. The molecule has 2 aromatic carbocycles. The van der Waals surface area contributed by atoms with Crippen molar-refractivity contribution in [2.24, 2.45) is 0 Å². The van der Waals surface area contributed by atoms with Crippen LogP contribution in [0.4, 0.5) is 15.9 Å². The maximum atomic E-state index is 14.2. The fraction of sp³-hybridized carbons (Fsp3) is 0.105. The lowest BCUT2D eigenvalue weighted by atomic mass is 10.2. The number of benzene rings is 2. The summed E-state index contributed by atoms with van der Waals surface area (Å²) in [6.07, 6.45) is 1.44. The Kier molecular flexibility index (Phi) is 3.96. The molecule has 4 aromatic rings. The standard InChI is InChI=1S/C19H16FN5O/c1-12-17-18(23-13-7-9-14(26-2)10-8-13)21-11-22-19(17)25(24-12)16-6-4-3-5-15(16)20/h3-11H,1-2H3,(H,21,22,23). The first-order valence-corrected chi connectivity index (χ1v) is 8.03. The van der Waals surface area contributed by atoms with Crippen LogP contribution in [0.25, 0.3) is 16.7 Å². The number of hydrogen-bond donors (Lipinski definition) is 1. The molecule has 0 aliphatic rings. The van der Waals surface area contributed by atoms with Gasteiger partial charge in [0.2, 0.25) is 0 Å². The van der Waals surface area contributed by atoms with Gasteiger partial charge in [0.15, 0.2) is 5.65 Å². The summed E-state index contributed by atoms with van der Waals surface area (Å²) in [5.41, 5.74) is 2.45. The number of halogens is 1. The molecule has 0 bridgehead atoms. The number of methoxy groups -OCH3 is 1. The van der Waals surface area contributed by atoms with Crippen molar-refractivity contribution in [3.05, 3.63) is 66.4 Å². The van der Waals surface area contributed by atoms with Crippen LogP contribution in [0.5, 0.6) is 5.75 Å². The number of hydrogen-bond acceptors (Lipinski definition) is 5. The second-order valence-corrected chi connectivity index (χ2v) is 5.72. The Morgan fingerprint density at radius 1 is 1.04 bits per heavy atom. The number of nitrogens with zero attached hydrogens (tertiary/aromatic N) is 4. The average Bonchev–Trinajstić information content (AvgIpc) is 3.00. The summed E-state index contributed by atoms with van der Waals surface area (Å²) >= 11 is 0. The molecule has 4 rings (SSSR count). The summed E-state index contributed by atoms with van der Waals surface area (Å²) < 4.78 is 20.9. The van der Waals surface area contributed by atoms with Gasteiger partial charge in [-0.05, 0) is 43.3 Å². The minimum atomic E-state index is -0.361. The smallest absolute Gasteiger partial charge is 0.168 e. The number of aromatic nitrogens is 4. The molecule has 0 aliphatic carbocycles. The molecule has 0 atom stereocenters. The van der Waals surface area contributed by atoms with E-state index in [4.69, 9.17) is 4.74 Å². The van der Waals surface area contributed by atoms with Crippen molar-refractivity contribution in [2.45, 2.75) is 6.92 Å². The third-order valence-corrected chi connectivity index (χ3v) is 4.07. The highest BCUT2D eigenvalue weighted by atomic mass is 19.1. The van der Waals surface area contributed by atoms with Crippen LogP contribution in [0.1, 0.15) is 5.69 Å². The quantitative estimate of drug-likeness (QED) is 0.603. The fourth-order valence-corrected chi connectivity index (χ4v) is 2.81. The first kappa shape index (κ1) is 16.0. The molecule has 0 unspecified atom stereocenters. The van der Waals surface area contributed by atoms with Crippen LogP contribution in [0, 0.1) is 12.7 Å². The topological polar surface area (TPSA) is 64.9 Å². The van der Waals surface area contributed by atoms with Gasteiger partial charge in [-0.3, -0.25) is 0 Å². The van der Waals surface area contributed by atoms with Gasteiger partial charge in [-0.1, -0.05) is 12.1 Å². The predicted molar refractivity (Wildman–Crippen MR) is 97.6 cm³/mol. The maximum Gasteiger partial charge on any atom is 0.168 e. The van der Waals surface area contributed by atoms with E-state index in [2.05, 4.69) is 20.4 Å². The molecule has 0 aliphatic heterocycles. The Morgan fingerprint density at radius 2 is 1.81 bits per heavy atom. The molecule has 26 heavy (non-hydrogen) atoms. The SMILES string of the molecule is COc1ccc(Nc2ncnc3c2c(C)nn3-c2ccccc2F)cc1. The van der Waals surface area contributed by atoms with Crippen molar-refractivity contribution < 1.29 is 9.13 Å². The first-order chi connectivity index (χ1) is 12.7. The van der Waals surface area contributed by atoms with E-state index in [0.29, 0.717) is 22.8 Å². The summed E-state index contributed by atoms with van der Waals surface area (Å²) in [6, 6.07) is 14.0. The molecule has 7 heteroatoms. The summed E-state index contributed by atoms with van der Waals surface area (Å²) in [4.78, 5) is 8.65. The van der Waals surface area contributed by atoms with Gasteiger partial charge in [-0.2, -0.15) is 5.10 Å². The van der Waals surface area contributed by atoms with Crippen LogP contribution in [-0.4, -0.2) is 26.9 Å². The Morgan fingerprint density at radius 3 is 2.54 bits per heavy atom. The Balaban J connectivity index is 1.81. The number of fused-ring (bicyclic) bond motifs is 1. The maximum absolute atomic E-state index is 14.2. The zero-order valence-electron chi connectivity index (χ0n) is 14.3. The zero-order chi connectivity index (χ0) is 18.1. The van der Waals surface area contributed by atoms with Crippen LogP contribution in [0.3, 0.4) is 0 Å². The molecule has 0 saturated carbocycles. The van der Waals surface area contributed by atoms with Gasteiger partial charge in [0.1, 0.15) is 29.4 Å². The van der Waals surface area contributed by atoms with Gasteiger partial charge in [-0.25, -0.2) is 19.0 Å². The monoisotopic (exact) mass is 349 g/mol. The van der Waals surface area contributed by atoms with E-state index in [-0.39, 0.29) is 5.82 Å². The lowest BCUT2D eigenvalue weighted by Gasteiger charge is -2.08. The van der Waals surface area contributed by atoms with Gasteiger partial charge >= 0.3 is 0 Å². The number of anilines is 2. The van der Waals surface area contributed by atoms with Gasteiger partial charge in [0, 0.05) is 5.69 Å². The molecule has 2 aromatic heterocycles. The van der Waals surface area contributed by atoms with Crippen molar-refractivity contribution in [1.82, 2.24) is 19.7 Å². The van der Waals surface area contributed by atoms with Crippen LogP contribution in [0.15, 0.2) is 54.9 Å². The molecule has 0 spiro atoms. The normalized spacial score (nSPS) is 10.9. The number of rotatable bonds is 4. The number of aryl methyl sites for hydroxylation is 1. The molecule has 6 nitrogen and oxygen atoms in total. The van der Waals surface area contributed by atoms with Gasteiger partial charge in [0.25, 0.3) is 0 Å². The Labute approximate surface area is 149 Å². The molecule has 130 valence electrons. The van der Waals surface area contributed by atoms with Crippen molar-refractivity contribution in [2.75, 3.05) is 12.4 Å². The molecular weight excluding hydrogens is 333 g/mol. The summed E-state index contributed by atoms with van der Waals surface area (Å²) in [5.74, 6) is 1.02. The number of ether oxygens (including phenoxy) is 1. The van der Waals surface area contributed by atoms with E-state index < -0.39 is 0 Å². The highest BCUT2D eigenvalue weighted by molar-refractivity contribution is 5.91. The largest absolute Gasteiger partial charge is 0.497 e. The molecule has 0 saturated heterocycles. The minimum Gasteiger partial charge on any atom is -0.497 e. The van der Waals surface area contributed by atoms with Gasteiger partial charge in [0.05, 0.1) is 18.2 Å². The third-order valence-electron chi connectivity index (χ3n) is 4.07. The van der Waals surface area contributed by atoms with Crippen molar-refractivity contribution in [3.8, 4) is 11.4 Å². The van der Waals surface area contributed by atoms with E-state index in [0.717, 1.165) is 16.8 Å². The Bertz CT molecular complexity index is 1080. The van der Waals surface area contributed by atoms with Crippen molar-refractivity contribution in [3.63, 3.8) is 0 Å². The van der Waals surface area contributed by atoms with E-state index in [9.17, 15) is 4.39 Å². The lowest BCUT2D eigenvalue weighted by molar-refractivity contribution is 0.415. The summed E-state index contributed by atoms with van der Waals surface area (Å²) in [5, 5.41) is 8.47. The third kappa shape index (κ3) is 2.73. The summed E-state index contributed by atoms with van der Waals surface area (Å²) in [6.45, 7) is 1.85. The second kappa shape index (κ2) is 6.44. The molecule has 0 fully saturated rings. The van der Waals surface area contributed by atoms with Gasteiger partial charge in [-0.15, -0.1) is 0 Å². The van der Waals surface area contributed by atoms with E-state index in [1.54, 1.807) is 25.3 Å². The Hall–Kier alpha value is -3.48. The molecule has 1 N–H and O–H groups in total. The average molecular weight is 349 g/mol. The van der Waals surface area contributed by atoms with Crippen LogP contribution in [0.2, 0.25) is 0 Å². The van der Waals surface area contributed by atoms with E-state index in [1.165, 1.54) is 17.1 Å². The van der Waals surface area contributed by atoms with Crippen LogP contribution >= 0.6 is 0 Å². The summed E-state index contributed by atoms with van der Waals surface area (Å²) in [7, 11) is 1.62. The van der Waals surface area contributed by atoms with Crippen molar-refractivity contribution in [1.29, 1.82) is 0 Å². The van der Waals surface area contributed by atoms with Crippen LogP contribution < -0.4 is 10.1 Å². The predicted octanol–water partition coefficient (Wildman–Crippen LogP) is 4.02. The highest BCUT2D eigenvalue weighted by Crippen LogP contribution is 2.28. The molecule has 0 amide bonds. The van der Waals surface area contributed by atoms with E-state index >= 15 is 0 Å². The second-order valence-electron chi connectivity index (χ2n) is 5.72. The fourth-order valence-electron chi connectivity index (χ4n) is 2.81. The van der Waals surface area contributed by atoms with E-state index in [1.807, 2.05) is 31.2 Å². The van der Waals surface area contributed by atoms with Gasteiger partial charge < -0.3 is 10.1 Å². The lowest BCUT2D eigenvalue weighted by Crippen LogP contribution is -2.01. The van der Waals surface area contributed by atoms with Crippen LogP contribution in [-0.2, 0) is 0 Å². The first-order valence-electron chi connectivity index (χ1n) is 8.03.